The van der Waals surface area contributed by atoms with Crippen molar-refractivity contribution in [3.8, 4) is 0 Å². The van der Waals surface area contributed by atoms with Gasteiger partial charge in [-0.15, -0.1) is 0 Å². The van der Waals surface area contributed by atoms with E-state index in [0.717, 1.165) is 35.1 Å². The van der Waals surface area contributed by atoms with E-state index in [1.54, 1.807) is 10.9 Å². The van der Waals surface area contributed by atoms with Crippen molar-refractivity contribution in [2.75, 3.05) is 5.75 Å². The first-order valence-electron chi connectivity index (χ1n) is 7.39. The van der Waals surface area contributed by atoms with Crippen molar-refractivity contribution in [2.24, 2.45) is 5.41 Å². The maximum Gasteiger partial charge on any atom is 0.261 e. The molecule has 112 valence electrons. The number of hydrogen-bond donors (Lipinski definition) is 1. The molecule has 3 nitrogen and oxygen atoms in total. The molecule has 1 heterocycles. The summed E-state index contributed by atoms with van der Waals surface area (Å²) in [7, 11) is 0. The number of thiol groups is 1. The lowest BCUT2D eigenvalue weighted by molar-refractivity contribution is 0.187. The maximum absolute atomic E-state index is 12.7. The lowest BCUT2D eigenvalue weighted by Gasteiger charge is -2.36. The number of rotatable bonds is 3. The minimum Gasteiger partial charge on any atom is -0.298 e. The fraction of sp³-hybridized carbons (Fsp3) is 0.500. The van der Waals surface area contributed by atoms with E-state index in [-0.39, 0.29) is 11.0 Å². The molecular weight excluding hydrogens is 348 g/mol. The molecule has 1 aromatic heterocycles. The topological polar surface area (TPSA) is 34.9 Å². The fourth-order valence-corrected chi connectivity index (χ4v) is 4.05. The smallest absolute Gasteiger partial charge is 0.261 e. The first kappa shape index (κ1) is 15.1. The number of halogens is 1. The van der Waals surface area contributed by atoms with Crippen molar-refractivity contribution in [2.45, 2.75) is 38.6 Å². The Morgan fingerprint density at radius 2 is 2.05 bits per heavy atom. The van der Waals surface area contributed by atoms with E-state index in [1.165, 1.54) is 19.3 Å². The predicted octanol–water partition coefficient (Wildman–Crippen LogP) is 4.04. The predicted molar refractivity (Wildman–Crippen MR) is 93.1 cm³/mol. The third kappa shape index (κ3) is 3.04. The van der Waals surface area contributed by atoms with Crippen LogP contribution in [0.25, 0.3) is 10.9 Å². The van der Waals surface area contributed by atoms with Crippen LogP contribution < -0.4 is 5.56 Å². The van der Waals surface area contributed by atoms with Crippen LogP contribution in [0.2, 0.25) is 0 Å². The van der Waals surface area contributed by atoms with Gasteiger partial charge in [-0.3, -0.25) is 9.36 Å². The molecule has 1 aromatic carbocycles. The largest absolute Gasteiger partial charge is 0.298 e. The Morgan fingerprint density at radius 1 is 1.29 bits per heavy atom. The third-order valence-electron chi connectivity index (χ3n) is 4.54. The van der Waals surface area contributed by atoms with Crippen LogP contribution in [0.4, 0.5) is 0 Å². The van der Waals surface area contributed by atoms with Crippen LogP contribution in [0.1, 0.15) is 32.1 Å². The van der Waals surface area contributed by atoms with Crippen molar-refractivity contribution >= 4 is 39.5 Å². The summed E-state index contributed by atoms with van der Waals surface area (Å²) >= 11 is 7.99. The van der Waals surface area contributed by atoms with Gasteiger partial charge in [0.15, 0.2) is 0 Å². The van der Waals surface area contributed by atoms with Crippen LogP contribution in [0.5, 0.6) is 0 Å². The van der Waals surface area contributed by atoms with E-state index < -0.39 is 0 Å². The van der Waals surface area contributed by atoms with Gasteiger partial charge in [0.25, 0.3) is 5.56 Å². The van der Waals surface area contributed by atoms with Gasteiger partial charge in [-0.25, -0.2) is 4.98 Å². The summed E-state index contributed by atoms with van der Waals surface area (Å²) < 4.78 is 2.68. The minimum absolute atomic E-state index is 0.0491. The zero-order valence-electron chi connectivity index (χ0n) is 11.9. The van der Waals surface area contributed by atoms with E-state index in [0.29, 0.717) is 5.39 Å². The van der Waals surface area contributed by atoms with Gasteiger partial charge in [-0.05, 0) is 42.2 Å². The van der Waals surface area contributed by atoms with Gasteiger partial charge in [0.2, 0.25) is 0 Å². The molecule has 1 aliphatic rings. The highest BCUT2D eigenvalue weighted by Gasteiger charge is 2.31. The average molecular weight is 367 g/mol. The summed E-state index contributed by atoms with van der Waals surface area (Å²) in [6.45, 7) is 0.727. The molecule has 0 spiro atoms. The normalized spacial score (nSPS) is 18.0. The quantitative estimate of drug-likeness (QED) is 0.831. The van der Waals surface area contributed by atoms with Crippen LogP contribution >= 0.6 is 28.6 Å². The van der Waals surface area contributed by atoms with Crippen LogP contribution in [0, 0.1) is 5.41 Å². The Kier molecular flexibility index (Phi) is 4.41. The molecule has 1 fully saturated rings. The summed E-state index contributed by atoms with van der Waals surface area (Å²) in [6, 6.07) is 5.64. The zero-order valence-corrected chi connectivity index (χ0v) is 14.4. The lowest BCUT2D eigenvalue weighted by atomic mass is 9.75. The Hall–Kier alpha value is -0.810. The summed E-state index contributed by atoms with van der Waals surface area (Å²) in [5, 5.41) is 0.678. The van der Waals surface area contributed by atoms with Gasteiger partial charge in [-0.2, -0.15) is 12.6 Å². The highest BCUT2D eigenvalue weighted by atomic mass is 79.9. The van der Waals surface area contributed by atoms with E-state index in [2.05, 4.69) is 33.5 Å². The minimum atomic E-state index is 0.0491. The number of fused-ring (bicyclic) bond motifs is 1. The molecular formula is C16H19BrN2OS. The van der Waals surface area contributed by atoms with Crippen LogP contribution in [0.15, 0.2) is 33.8 Å². The molecule has 0 unspecified atom stereocenters. The Labute approximate surface area is 138 Å². The van der Waals surface area contributed by atoms with Gasteiger partial charge in [-0.1, -0.05) is 35.2 Å². The summed E-state index contributed by atoms with van der Waals surface area (Å²) in [6.07, 6.45) is 7.77. The highest BCUT2D eigenvalue weighted by molar-refractivity contribution is 9.10. The number of aromatic nitrogens is 2. The van der Waals surface area contributed by atoms with Crippen molar-refractivity contribution in [1.29, 1.82) is 0 Å². The van der Waals surface area contributed by atoms with Gasteiger partial charge in [0.1, 0.15) is 0 Å². The second-order valence-electron chi connectivity index (χ2n) is 6.06. The number of benzene rings is 1. The van der Waals surface area contributed by atoms with Crippen LogP contribution in [-0.2, 0) is 6.54 Å². The fourth-order valence-electron chi connectivity index (χ4n) is 3.27. The summed E-state index contributed by atoms with van der Waals surface area (Å²) in [4.78, 5) is 17.1. The van der Waals surface area contributed by atoms with Crippen molar-refractivity contribution in [1.82, 2.24) is 9.55 Å². The maximum atomic E-state index is 12.7. The molecule has 3 rings (SSSR count). The molecule has 0 saturated heterocycles. The Balaban J connectivity index is 2.00. The van der Waals surface area contributed by atoms with E-state index in [1.807, 2.05) is 18.2 Å². The Bertz CT molecular complexity index is 707. The average Bonchev–Trinajstić information content (AvgIpc) is 2.52. The molecule has 0 amide bonds. The second kappa shape index (κ2) is 6.13. The SMILES string of the molecule is O=c1c2cc(Br)ccc2ncn1CC1(CS)CCCCC1. The zero-order chi connectivity index (χ0) is 14.9. The number of hydrogen-bond acceptors (Lipinski definition) is 3. The molecule has 0 bridgehead atoms. The molecule has 0 atom stereocenters. The van der Waals surface area contributed by atoms with Crippen LogP contribution in [0.3, 0.4) is 0 Å². The summed E-state index contributed by atoms with van der Waals surface area (Å²) in [5.41, 5.74) is 0.947. The molecule has 0 N–H and O–H groups in total. The summed E-state index contributed by atoms with van der Waals surface area (Å²) in [5.74, 6) is 0.829. The monoisotopic (exact) mass is 366 g/mol. The van der Waals surface area contributed by atoms with Crippen molar-refractivity contribution < 1.29 is 0 Å². The van der Waals surface area contributed by atoms with E-state index in [4.69, 9.17) is 0 Å². The highest BCUT2D eigenvalue weighted by Crippen LogP contribution is 2.38. The molecule has 0 aliphatic heterocycles. The van der Waals surface area contributed by atoms with Gasteiger partial charge in [0.05, 0.1) is 17.2 Å². The Morgan fingerprint density at radius 3 is 2.76 bits per heavy atom. The van der Waals surface area contributed by atoms with Crippen molar-refractivity contribution in [3.63, 3.8) is 0 Å². The van der Waals surface area contributed by atoms with Gasteiger partial charge in [0, 0.05) is 11.0 Å². The van der Waals surface area contributed by atoms with E-state index in [9.17, 15) is 4.79 Å². The third-order valence-corrected chi connectivity index (χ3v) is 5.71. The number of nitrogens with zero attached hydrogens (tertiary/aromatic N) is 2. The first-order valence-corrected chi connectivity index (χ1v) is 8.82. The van der Waals surface area contributed by atoms with Crippen molar-refractivity contribution in [3.05, 3.63) is 39.4 Å². The lowest BCUT2D eigenvalue weighted by Crippen LogP contribution is -2.35. The van der Waals surface area contributed by atoms with Crippen LogP contribution in [-0.4, -0.2) is 15.3 Å². The molecule has 21 heavy (non-hydrogen) atoms. The molecule has 1 saturated carbocycles. The van der Waals surface area contributed by atoms with Gasteiger partial charge < -0.3 is 0 Å². The standard InChI is InChI=1S/C16H19BrN2OS/c17-12-4-5-14-13(8-12)15(20)19(11-18-14)9-16(10-21)6-2-1-3-7-16/h4-5,8,11,21H,1-3,6-7,9-10H2. The molecule has 1 aliphatic carbocycles. The van der Waals surface area contributed by atoms with E-state index >= 15 is 0 Å². The molecule has 0 radical (unpaired) electrons. The second-order valence-corrected chi connectivity index (χ2v) is 7.29. The molecule has 2 aromatic rings. The van der Waals surface area contributed by atoms with Gasteiger partial charge >= 0.3 is 0 Å². The first-order chi connectivity index (χ1) is 10.1. The molecule has 5 heteroatoms.